The van der Waals surface area contributed by atoms with E-state index in [1.54, 1.807) is 0 Å². The Labute approximate surface area is 138 Å². The van der Waals surface area contributed by atoms with Crippen LogP contribution in [0.15, 0.2) is 30.3 Å². The van der Waals surface area contributed by atoms with Gasteiger partial charge in [0.25, 0.3) is 0 Å². The van der Waals surface area contributed by atoms with Gasteiger partial charge in [0.15, 0.2) is 0 Å². The number of piperidine rings is 1. The summed E-state index contributed by atoms with van der Waals surface area (Å²) in [5.74, 6) is 0.000111. The molecule has 2 aliphatic heterocycles. The van der Waals surface area contributed by atoms with Crippen molar-refractivity contribution >= 4 is 40.6 Å². The van der Waals surface area contributed by atoms with Gasteiger partial charge in [0.1, 0.15) is 11.9 Å². The Bertz CT molecular complexity index is 520. The topological polar surface area (TPSA) is 53.2 Å². The molecule has 0 bridgehead atoms. The molecule has 2 aliphatic rings. The summed E-state index contributed by atoms with van der Waals surface area (Å²) < 4.78 is -1.50. The zero-order valence-electron chi connectivity index (χ0n) is 11.2. The van der Waals surface area contributed by atoms with E-state index in [9.17, 15) is 4.79 Å². The summed E-state index contributed by atoms with van der Waals surface area (Å²) in [6, 6.07) is 9.61. The van der Waals surface area contributed by atoms with Crippen molar-refractivity contribution in [3.63, 3.8) is 0 Å². The first-order chi connectivity index (χ1) is 9.97. The zero-order valence-corrected chi connectivity index (χ0v) is 13.4. The minimum absolute atomic E-state index is 0.182. The number of nitrogens with one attached hydrogen (secondary N) is 3. The molecule has 3 rings (SSSR count). The van der Waals surface area contributed by atoms with Gasteiger partial charge in [-0.3, -0.25) is 15.4 Å². The first kappa shape index (κ1) is 15.5. The van der Waals surface area contributed by atoms with Crippen LogP contribution < -0.4 is 16.0 Å². The lowest BCUT2D eigenvalue weighted by Crippen LogP contribution is -2.70. The molecular weight excluding hydrogens is 333 g/mol. The van der Waals surface area contributed by atoms with E-state index in [0.29, 0.717) is 13.0 Å². The van der Waals surface area contributed by atoms with Gasteiger partial charge in [-0.15, -0.1) is 0 Å². The van der Waals surface area contributed by atoms with Gasteiger partial charge in [-0.05, 0) is 5.56 Å². The molecule has 0 aromatic heterocycles. The maximum Gasteiger partial charge on any atom is 0.218 e. The van der Waals surface area contributed by atoms with Crippen molar-refractivity contribution < 1.29 is 4.79 Å². The van der Waals surface area contributed by atoms with E-state index in [2.05, 4.69) is 16.0 Å². The van der Waals surface area contributed by atoms with Crippen molar-refractivity contribution in [1.29, 1.82) is 0 Å². The molecule has 1 aromatic rings. The van der Waals surface area contributed by atoms with Gasteiger partial charge in [0.2, 0.25) is 3.79 Å². The van der Waals surface area contributed by atoms with Crippen molar-refractivity contribution in [1.82, 2.24) is 16.0 Å². The number of Topliss-reactive ketones (excluding diaryl/α,β-unsaturated/α-hetero) is 1. The second kappa shape index (κ2) is 6.03. The van der Waals surface area contributed by atoms with Crippen LogP contribution in [0.4, 0.5) is 0 Å². The van der Waals surface area contributed by atoms with Crippen molar-refractivity contribution in [2.24, 2.45) is 5.92 Å². The van der Waals surface area contributed by atoms with Crippen LogP contribution in [0.5, 0.6) is 0 Å². The summed E-state index contributed by atoms with van der Waals surface area (Å²) >= 11 is 18.1. The molecule has 7 heteroatoms. The first-order valence-corrected chi connectivity index (χ1v) is 8.00. The van der Waals surface area contributed by atoms with Gasteiger partial charge in [0.05, 0.1) is 12.1 Å². The number of hydrogen-bond donors (Lipinski definition) is 3. The van der Waals surface area contributed by atoms with Crippen LogP contribution in [0.25, 0.3) is 0 Å². The summed E-state index contributed by atoms with van der Waals surface area (Å²) in [5, 5.41) is 9.76. The summed E-state index contributed by atoms with van der Waals surface area (Å²) in [6.07, 6.45) is -0.211. The number of ketones is 1. The number of rotatable bonds is 1. The third-order valence-corrected chi connectivity index (χ3v) is 4.66. The van der Waals surface area contributed by atoms with Crippen LogP contribution in [-0.4, -0.2) is 28.5 Å². The maximum atomic E-state index is 12.3. The van der Waals surface area contributed by atoms with Crippen LogP contribution in [-0.2, 0) is 4.79 Å². The Hall–Kier alpha value is -0.360. The highest BCUT2D eigenvalue weighted by Gasteiger charge is 2.48. The Kier molecular flexibility index (Phi) is 4.46. The van der Waals surface area contributed by atoms with Crippen LogP contribution >= 0.6 is 34.8 Å². The van der Waals surface area contributed by atoms with Crippen LogP contribution in [0.3, 0.4) is 0 Å². The van der Waals surface area contributed by atoms with Crippen molar-refractivity contribution in [3.05, 3.63) is 35.9 Å². The quantitative estimate of drug-likeness (QED) is 0.681. The van der Waals surface area contributed by atoms with E-state index < -0.39 is 9.96 Å². The molecule has 2 fully saturated rings. The van der Waals surface area contributed by atoms with Crippen molar-refractivity contribution in [2.75, 3.05) is 6.54 Å². The SMILES string of the molecule is O=C1CCNC2NC(C(Cl)(Cl)Cl)NC(c3ccccc3)C12. The Morgan fingerprint density at radius 3 is 2.48 bits per heavy atom. The predicted octanol–water partition coefficient (Wildman–Crippen LogP) is 2.12. The number of carbonyl (C=O) groups is 1. The normalized spacial score (nSPS) is 33.6. The van der Waals surface area contributed by atoms with E-state index in [-0.39, 0.29) is 23.9 Å². The zero-order chi connectivity index (χ0) is 15.0. The maximum absolute atomic E-state index is 12.3. The van der Waals surface area contributed by atoms with Crippen molar-refractivity contribution in [3.8, 4) is 0 Å². The molecule has 0 radical (unpaired) electrons. The Balaban J connectivity index is 1.94. The number of carbonyl (C=O) groups excluding carboxylic acids is 1. The molecule has 114 valence electrons. The Morgan fingerprint density at radius 1 is 1.10 bits per heavy atom. The first-order valence-electron chi connectivity index (χ1n) is 6.86. The largest absolute Gasteiger partial charge is 0.301 e. The third kappa shape index (κ3) is 3.21. The summed E-state index contributed by atoms with van der Waals surface area (Å²) in [6.45, 7) is 0.640. The fraction of sp³-hybridized carbons (Fsp3) is 0.500. The molecule has 21 heavy (non-hydrogen) atoms. The molecule has 1 aromatic carbocycles. The summed E-state index contributed by atoms with van der Waals surface area (Å²) in [5.41, 5.74) is 1.02. The lowest BCUT2D eigenvalue weighted by Gasteiger charge is -2.47. The highest BCUT2D eigenvalue weighted by atomic mass is 35.6. The van der Waals surface area contributed by atoms with Gasteiger partial charge in [-0.2, -0.15) is 0 Å². The van der Waals surface area contributed by atoms with E-state index in [4.69, 9.17) is 34.8 Å². The lowest BCUT2D eigenvalue weighted by atomic mass is 9.82. The van der Waals surface area contributed by atoms with Gasteiger partial charge in [-0.25, -0.2) is 0 Å². The average Bonchev–Trinajstić information content (AvgIpc) is 2.46. The molecule has 2 heterocycles. The smallest absolute Gasteiger partial charge is 0.218 e. The second-order valence-corrected chi connectivity index (χ2v) is 7.74. The molecular formula is C14H16Cl3N3O. The molecule has 4 nitrogen and oxygen atoms in total. The van der Waals surface area contributed by atoms with Gasteiger partial charge in [0, 0.05) is 19.0 Å². The number of halogens is 3. The van der Waals surface area contributed by atoms with Gasteiger partial charge < -0.3 is 5.32 Å². The second-order valence-electron chi connectivity index (χ2n) is 5.37. The monoisotopic (exact) mass is 347 g/mol. The van der Waals surface area contributed by atoms with E-state index in [1.807, 2.05) is 30.3 Å². The highest BCUT2D eigenvalue weighted by Crippen LogP contribution is 2.37. The lowest BCUT2D eigenvalue weighted by molar-refractivity contribution is -0.128. The fourth-order valence-electron chi connectivity index (χ4n) is 3.04. The molecule has 0 saturated carbocycles. The molecule has 0 aliphatic carbocycles. The summed E-state index contributed by atoms with van der Waals surface area (Å²) in [4.78, 5) is 12.3. The molecule has 4 atom stereocenters. The number of benzene rings is 1. The van der Waals surface area contributed by atoms with Crippen LogP contribution in [0.1, 0.15) is 18.0 Å². The fourth-order valence-corrected chi connectivity index (χ4v) is 3.41. The molecule has 0 amide bonds. The number of hydrogen-bond acceptors (Lipinski definition) is 4. The van der Waals surface area contributed by atoms with E-state index >= 15 is 0 Å². The average molecular weight is 349 g/mol. The summed E-state index contributed by atoms with van der Waals surface area (Å²) in [7, 11) is 0. The Morgan fingerprint density at radius 2 is 1.81 bits per heavy atom. The van der Waals surface area contributed by atoms with Gasteiger partial charge in [-0.1, -0.05) is 65.1 Å². The molecule has 2 saturated heterocycles. The van der Waals surface area contributed by atoms with Gasteiger partial charge >= 0.3 is 0 Å². The predicted molar refractivity (Wildman–Crippen MR) is 84.4 cm³/mol. The third-order valence-electron chi connectivity index (χ3n) is 4.00. The standard InChI is InChI=1S/C14H16Cl3N3O/c15-14(16,17)13-19-11(8-4-2-1-3-5-8)10-9(21)6-7-18-12(10)20-13/h1-5,10-13,18-20H,6-7H2. The highest BCUT2D eigenvalue weighted by molar-refractivity contribution is 6.68. The minimum Gasteiger partial charge on any atom is -0.301 e. The molecule has 3 N–H and O–H groups in total. The van der Waals surface area contributed by atoms with E-state index in [0.717, 1.165) is 5.56 Å². The number of alkyl halides is 3. The minimum atomic E-state index is -1.50. The number of fused-ring (bicyclic) bond motifs is 1. The molecule has 4 unspecified atom stereocenters. The molecule has 0 spiro atoms. The van der Waals surface area contributed by atoms with Crippen LogP contribution in [0, 0.1) is 5.92 Å². The van der Waals surface area contributed by atoms with E-state index in [1.165, 1.54) is 0 Å². The van der Waals surface area contributed by atoms with Crippen LogP contribution in [0.2, 0.25) is 0 Å². The van der Waals surface area contributed by atoms with Crippen molar-refractivity contribution in [2.45, 2.75) is 28.6 Å².